The fourth-order valence-corrected chi connectivity index (χ4v) is 2.80. The smallest absolute Gasteiger partial charge is 0.337 e. The van der Waals surface area contributed by atoms with Gasteiger partial charge in [0.1, 0.15) is 0 Å². The van der Waals surface area contributed by atoms with E-state index in [1.165, 1.54) is 7.11 Å². The van der Waals surface area contributed by atoms with Crippen molar-refractivity contribution in [2.75, 3.05) is 12.4 Å². The largest absolute Gasteiger partial charge is 0.465 e. The van der Waals surface area contributed by atoms with Crippen molar-refractivity contribution in [2.45, 2.75) is 6.92 Å². The van der Waals surface area contributed by atoms with Crippen LogP contribution in [-0.2, 0) is 4.74 Å². The van der Waals surface area contributed by atoms with Crippen LogP contribution in [0, 0.1) is 10.5 Å². The van der Waals surface area contributed by atoms with Gasteiger partial charge in [0, 0.05) is 13.7 Å². The van der Waals surface area contributed by atoms with Crippen molar-refractivity contribution in [1.29, 1.82) is 0 Å². The van der Waals surface area contributed by atoms with Crippen molar-refractivity contribution in [3.8, 4) is 0 Å². The number of benzene rings is 2. The number of anilines is 1. The third-order valence-corrected chi connectivity index (χ3v) is 4.51. The van der Waals surface area contributed by atoms with Crippen molar-refractivity contribution in [1.82, 2.24) is 0 Å². The highest BCUT2D eigenvalue weighted by Crippen LogP contribution is 2.22. The molecule has 0 saturated heterocycles. The summed E-state index contributed by atoms with van der Waals surface area (Å²) in [5.41, 5.74) is 2.42. The molecule has 0 radical (unpaired) electrons. The first kappa shape index (κ1) is 17.0. The maximum atomic E-state index is 12.4. The number of nitrogens with one attached hydrogen (secondary N) is 1. The van der Waals surface area contributed by atoms with E-state index >= 15 is 0 Å². The van der Waals surface area contributed by atoms with Crippen LogP contribution in [0.2, 0.25) is 0 Å². The molecule has 0 saturated carbocycles. The van der Waals surface area contributed by atoms with Gasteiger partial charge in [0.15, 0.2) is 0 Å². The van der Waals surface area contributed by atoms with Gasteiger partial charge in [-0.15, -0.1) is 0 Å². The Morgan fingerprint density at radius 1 is 1.18 bits per heavy atom. The highest BCUT2D eigenvalue weighted by atomic mass is 127. The maximum absolute atomic E-state index is 12.4. The molecular formula is C16H13BrINO3. The Labute approximate surface area is 150 Å². The van der Waals surface area contributed by atoms with Crippen LogP contribution in [0.3, 0.4) is 0 Å². The average molecular weight is 474 g/mol. The van der Waals surface area contributed by atoms with Gasteiger partial charge in [-0.05, 0) is 65.4 Å². The van der Waals surface area contributed by atoms with Crippen LogP contribution in [0.15, 0.2) is 40.9 Å². The van der Waals surface area contributed by atoms with E-state index in [4.69, 9.17) is 4.74 Å². The number of ether oxygens (including phenoxy) is 1. The van der Waals surface area contributed by atoms with Crippen molar-refractivity contribution < 1.29 is 14.3 Å². The summed E-state index contributed by atoms with van der Waals surface area (Å²) in [7, 11) is 1.32. The minimum Gasteiger partial charge on any atom is -0.465 e. The minimum atomic E-state index is -0.437. The van der Waals surface area contributed by atoms with Gasteiger partial charge in [-0.1, -0.05) is 22.0 Å². The van der Waals surface area contributed by atoms with Gasteiger partial charge in [-0.25, -0.2) is 4.79 Å². The van der Waals surface area contributed by atoms with Crippen LogP contribution < -0.4 is 5.32 Å². The molecule has 0 aromatic heterocycles. The van der Waals surface area contributed by atoms with Gasteiger partial charge < -0.3 is 10.1 Å². The van der Waals surface area contributed by atoms with Crippen molar-refractivity contribution in [3.05, 3.63) is 61.1 Å². The van der Waals surface area contributed by atoms with Crippen LogP contribution >= 0.6 is 38.5 Å². The number of carbonyl (C=O) groups excluding carboxylic acids is 2. The SMILES string of the molecule is COC(=O)c1ccc(C)c(NC(=O)c2cc(Br)ccc2I)c1. The number of methoxy groups -OCH3 is 1. The number of aryl methyl sites for hydroxylation is 1. The zero-order valence-electron chi connectivity index (χ0n) is 11.9. The number of hydrogen-bond acceptors (Lipinski definition) is 3. The van der Waals surface area contributed by atoms with Crippen molar-refractivity contribution >= 4 is 56.1 Å². The zero-order chi connectivity index (χ0) is 16.3. The molecule has 0 aliphatic rings. The summed E-state index contributed by atoms with van der Waals surface area (Å²) in [5.74, 6) is -0.664. The molecule has 0 aliphatic heterocycles. The Balaban J connectivity index is 2.32. The monoisotopic (exact) mass is 473 g/mol. The number of amides is 1. The number of carbonyl (C=O) groups is 2. The minimum absolute atomic E-state index is 0.226. The first-order valence-corrected chi connectivity index (χ1v) is 8.25. The molecule has 1 amide bonds. The van der Waals surface area contributed by atoms with Gasteiger partial charge in [0.25, 0.3) is 5.91 Å². The van der Waals surface area contributed by atoms with E-state index in [0.717, 1.165) is 13.6 Å². The number of hydrogen-bond donors (Lipinski definition) is 1. The van der Waals surface area contributed by atoms with Crippen molar-refractivity contribution in [3.63, 3.8) is 0 Å². The Morgan fingerprint density at radius 3 is 2.59 bits per heavy atom. The van der Waals surface area contributed by atoms with Crippen molar-refractivity contribution in [2.24, 2.45) is 0 Å². The predicted molar refractivity (Wildman–Crippen MR) is 97.3 cm³/mol. The summed E-state index contributed by atoms with van der Waals surface area (Å²) >= 11 is 5.47. The summed E-state index contributed by atoms with van der Waals surface area (Å²) in [4.78, 5) is 24.0. The number of rotatable bonds is 3. The Hall–Kier alpha value is -1.41. The van der Waals surface area contributed by atoms with E-state index in [2.05, 4.69) is 43.8 Å². The van der Waals surface area contributed by atoms with Crippen LogP contribution in [0.5, 0.6) is 0 Å². The molecule has 6 heteroatoms. The van der Waals surface area contributed by atoms with Crippen LogP contribution in [-0.4, -0.2) is 19.0 Å². The molecule has 4 nitrogen and oxygen atoms in total. The number of esters is 1. The Morgan fingerprint density at radius 2 is 1.91 bits per heavy atom. The van der Waals surface area contributed by atoms with Crippen LogP contribution in [0.1, 0.15) is 26.3 Å². The lowest BCUT2D eigenvalue weighted by atomic mass is 10.1. The summed E-state index contributed by atoms with van der Waals surface area (Å²) in [5, 5.41) is 2.84. The van der Waals surface area contributed by atoms with E-state index in [9.17, 15) is 9.59 Å². The highest BCUT2D eigenvalue weighted by molar-refractivity contribution is 14.1. The zero-order valence-corrected chi connectivity index (χ0v) is 15.7. The van der Waals surface area contributed by atoms with Crippen LogP contribution in [0.25, 0.3) is 0 Å². The fourth-order valence-electron chi connectivity index (χ4n) is 1.86. The van der Waals surface area contributed by atoms with E-state index in [-0.39, 0.29) is 5.91 Å². The molecule has 0 atom stereocenters. The molecule has 114 valence electrons. The fraction of sp³-hybridized carbons (Fsp3) is 0.125. The van der Waals surface area contributed by atoms with Crippen LogP contribution in [0.4, 0.5) is 5.69 Å². The maximum Gasteiger partial charge on any atom is 0.337 e. The third kappa shape index (κ3) is 3.86. The van der Waals surface area contributed by atoms with E-state index in [1.807, 2.05) is 19.1 Å². The molecule has 0 bridgehead atoms. The second-order valence-electron chi connectivity index (χ2n) is 4.60. The molecule has 0 fully saturated rings. The summed E-state index contributed by atoms with van der Waals surface area (Å²) in [6, 6.07) is 10.5. The molecule has 0 unspecified atom stereocenters. The second kappa shape index (κ2) is 7.23. The molecule has 2 aromatic carbocycles. The summed E-state index contributed by atoms with van der Waals surface area (Å²) in [6.07, 6.45) is 0. The van der Waals surface area contributed by atoms with E-state index in [1.54, 1.807) is 24.3 Å². The lowest BCUT2D eigenvalue weighted by Crippen LogP contribution is -2.15. The lowest BCUT2D eigenvalue weighted by Gasteiger charge is -2.11. The molecule has 2 aromatic rings. The highest BCUT2D eigenvalue weighted by Gasteiger charge is 2.14. The second-order valence-corrected chi connectivity index (χ2v) is 6.68. The normalized spacial score (nSPS) is 10.2. The third-order valence-electron chi connectivity index (χ3n) is 3.08. The first-order valence-electron chi connectivity index (χ1n) is 6.37. The molecule has 0 aliphatic carbocycles. The van der Waals surface area contributed by atoms with Gasteiger partial charge in [0.2, 0.25) is 0 Å². The quantitative estimate of drug-likeness (QED) is 0.531. The molecule has 0 spiro atoms. The first-order chi connectivity index (χ1) is 10.4. The Kier molecular flexibility index (Phi) is 5.57. The molecule has 1 N–H and O–H groups in total. The summed E-state index contributed by atoms with van der Waals surface area (Å²) in [6.45, 7) is 1.86. The predicted octanol–water partition coefficient (Wildman–Crippen LogP) is 4.40. The standard InChI is InChI=1S/C16H13BrINO3/c1-9-3-4-10(16(21)22-2)7-14(9)19-15(20)12-8-11(17)5-6-13(12)18/h3-8H,1-2H3,(H,19,20). The van der Waals surface area contributed by atoms with Gasteiger partial charge in [-0.3, -0.25) is 4.79 Å². The topological polar surface area (TPSA) is 55.4 Å². The molecular weight excluding hydrogens is 461 g/mol. The molecule has 2 rings (SSSR count). The van der Waals surface area contributed by atoms with E-state index in [0.29, 0.717) is 16.8 Å². The lowest BCUT2D eigenvalue weighted by molar-refractivity contribution is 0.0600. The molecule has 22 heavy (non-hydrogen) atoms. The average Bonchev–Trinajstić information content (AvgIpc) is 2.50. The van der Waals surface area contributed by atoms with Gasteiger partial charge >= 0.3 is 5.97 Å². The van der Waals surface area contributed by atoms with Gasteiger partial charge in [0.05, 0.1) is 18.2 Å². The van der Waals surface area contributed by atoms with Gasteiger partial charge in [-0.2, -0.15) is 0 Å². The summed E-state index contributed by atoms with van der Waals surface area (Å²) < 4.78 is 6.38. The number of halogens is 2. The molecule has 0 heterocycles. The Bertz CT molecular complexity index is 746. The van der Waals surface area contributed by atoms with E-state index < -0.39 is 5.97 Å².